The summed E-state index contributed by atoms with van der Waals surface area (Å²) < 4.78 is 55.0. The second kappa shape index (κ2) is 36.9. The van der Waals surface area contributed by atoms with Gasteiger partial charge in [-0.2, -0.15) is 0 Å². The summed E-state index contributed by atoms with van der Waals surface area (Å²) >= 11 is 0. The van der Waals surface area contributed by atoms with E-state index < -0.39 is 24.4 Å². The molecule has 12 aromatic rings. The van der Waals surface area contributed by atoms with Crippen LogP contribution in [0.2, 0.25) is 0 Å². The zero-order valence-electron chi connectivity index (χ0n) is 65.9. The van der Waals surface area contributed by atoms with Gasteiger partial charge in [0.25, 0.3) is 0 Å². The summed E-state index contributed by atoms with van der Waals surface area (Å²) in [5.74, 6) is 1.32. The Bertz CT molecular complexity index is 5850. The molecule has 0 amide bonds. The second-order valence-electron chi connectivity index (χ2n) is 28.5. The molecule has 0 saturated heterocycles. The highest BCUT2D eigenvalue weighted by Crippen LogP contribution is 2.49. The number of phenols is 13. The minimum Gasteiger partial charge on any atom is -0.508 e. The van der Waals surface area contributed by atoms with Crippen molar-refractivity contribution in [1.29, 1.82) is 0 Å². The maximum absolute atomic E-state index is 12.2. The molecular weight excluding hydrogens is 1590 g/mol. The van der Waals surface area contributed by atoms with E-state index in [-0.39, 0.29) is 199 Å². The molecule has 13 N–H and O–H groups in total. The lowest BCUT2D eigenvalue weighted by Gasteiger charge is -2.26. The molecule has 6 aliphatic heterocycles. The van der Waals surface area contributed by atoms with Crippen LogP contribution in [0.15, 0.2) is 224 Å². The predicted molar refractivity (Wildman–Crippen MR) is 439 cm³/mol. The van der Waals surface area contributed by atoms with Gasteiger partial charge in [-0.1, -0.05) is 78.9 Å². The molecule has 6 aliphatic rings. The highest BCUT2D eigenvalue weighted by molar-refractivity contribution is 6.06. The standard InChI is InChI=1S/C17H16O4.2C16H14O5.C15H12O6.C15H12O5.C15H12O4/c1-19-12-5-3-11(4-6-12)16-10-15(18)14-8-7-13(20-2)9-17(14)21-16;2*1-20-11-6-12(18)16-13(19)8-14(21-15(16)7-11)9-2-4-10(17)5-3-9;16-7-1-2-9(10(18)3-7)13-6-12(20)15-11(19)4-8(17)5-14(15)21-13;16-9-3-1-8(2-4-9)13-7-12(19)15-11(18)5-10(17)6-14(15)20-13;16-10-6-11(17)15-12(18)8-13(19-14(15)7-10)9-4-2-1-3-5-9/h3-9,16H,10H2,1-2H3;2*2-7,14,17-18H,8H2,1H3;1-5,13,16-19H,6H2;1-6,13,16-18H,7H2;1-7,13,16-17H,8H2. The topological polar surface area (TPSA) is 458 Å². The van der Waals surface area contributed by atoms with Crippen LogP contribution in [0.4, 0.5) is 0 Å². The Balaban J connectivity index is 0.000000127. The van der Waals surface area contributed by atoms with E-state index in [1.807, 2.05) is 54.6 Å². The Labute approximate surface area is 701 Å². The third-order valence-electron chi connectivity index (χ3n) is 20.3. The maximum Gasteiger partial charge on any atom is 0.174 e. The molecule has 29 heteroatoms. The number of methoxy groups -OCH3 is 4. The average molecular weight is 1670 g/mol. The molecule has 0 radical (unpaired) electrons. The third-order valence-corrected chi connectivity index (χ3v) is 20.3. The molecular formula is C94H80O29. The molecule has 630 valence electrons. The van der Waals surface area contributed by atoms with E-state index in [1.54, 1.807) is 105 Å². The summed E-state index contributed by atoms with van der Waals surface area (Å²) in [6.07, 6.45) is -2.00. The van der Waals surface area contributed by atoms with Crippen LogP contribution in [0, 0.1) is 0 Å². The van der Waals surface area contributed by atoms with E-state index in [4.69, 9.17) is 47.4 Å². The van der Waals surface area contributed by atoms with Crippen LogP contribution in [0.5, 0.6) is 132 Å². The van der Waals surface area contributed by atoms with Crippen molar-refractivity contribution >= 4 is 34.7 Å². The Kier molecular flexibility index (Phi) is 25.5. The average Bonchev–Trinajstić information content (AvgIpc) is 0.814. The largest absolute Gasteiger partial charge is 0.508 e. The summed E-state index contributed by atoms with van der Waals surface area (Å²) in [6.45, 7) is 0. The smallest absolute Gasteiger partial charge is 0.174 e. The fraction of sp³-hybridized carbons (Fsp3) is 0.170. The van der Waals surface area contributed by atoms with Gasteiger partial charge in [0.05, 0.1) is 72.5 Å². The van der Waals surface area contributed by atoms with Gasteiger partial charge in [0.1, 0.15) is 197 Å². The predicted octanol–water partition coefficient (Wildman–Crippen LogP) is 16.6. The number of phenolic OH excluding ortho intramolecular Hbond substituents is 13. The van der Waals surface area contributed by atoms with Gasteiger partial charge in [0.15, 0.2) is 34.7 Å². The minimum atomic E-state index is -0.758. The number of Topliss-reactive ketones (excluding diaryl/α,β-unsaturated/α-hetero) is 6. The van der Waals surface area contributed by atoms with Crippen LogP contribution >= 0.6 is 0 Å². The first-order chi connectivity index (χ1) is 59.0. The second-order valence-corrected chi connectivity index (χ2v) is 28.5. The molecule has 18 rings (SSSR count). The fourth-order valence-electron chi connectivity index (χ4n) is 14.2. The van der Waals surface area contributed by atoms with Crippen LogP contribution in [-0.4, -0.2) is 130 Å². The van der Waals surface area contributed by atoms with E-state index >= 15 is 0 Å². The van der Waals surface area contributed by atoms with Crippen molar-refractivity contribution in [2.45, 2.75) is 75.1 Å². The Morgan fingerprint density at radius 1 is 0.228 bits per heavy atom. The molecule has 0 aliphatic carbocycles. The molecule has 0 saturated carbocycles. The molecule has 123 heavy (non-hydrogen) atoms. The summed E-state index contributed by atoms with van der Waals surface area (Å²) in [4.78, 5) is 73.0. The quantitative estimate of drug-likeness (QED) is 0.0605. The van der Waals surface area contributed by atoms with Crippen LogP contribution < -0.4 is 47.4 Å². The number of carbonyl (C=O) groups is 6. The van der Waals surface area contributed by atoms with Gasteiger partial charge >= 0.3 is 0 Å². The van der Waals surface area contributed by atoms with Crippen LogP contribution in [0.1, 0.15) is 171 Å². The van der Waals surface area contributed by atoms with Crippen LogP contribution in [0.25, 0.3) is 0 Å². The van der Waals surface area contributed by atoms with Crippen molar-refractivity contribution in [3.63, 3.8) is 0 Å². The molecule has 12 aromatic carbocycles. The number of carbonyl (C=O) groups excluding carboxylic acids is 6. The zero-order valence-corrected chi connectivity index (χ0v) is 65.9. The SMILES string of the molecule is COc1cc(O)c2c(c1)OC(c1ccc(O)cc1)CC2=O.COc1cc(O)c2c(c1)OC(c1ccc(O)cc1)CC2=O.COc1ccc(C2CC(=O)c3ccc(OC)cc3O2)cc1.O=C1CC(c2ccc(O)cc2)Oc2cc(O)cc(O)c21.O=C1CC(c2ccc(O)cc2O)Oc2cc(O)cc(O)c21.O=C1CC(c2ccccc2)Oc2cc(O)cc(O)c21. The molecule has 29 nitrogen and oxygen atoms in total. The summed E-state index contributed by atoms with van der Waals surface area (Å²) in [5.41, 5.74) is 5.74. The van der Waals surface area contributed by atoms with Gasteiger partial charge < -0.3 is 114 Å². The van der Waals surface area contributed by atoms with E-state index in [2.05, 4.69) is 0 Å². The number of fused-ring (bicyclic) bond motifs is 6. The first-order valence-electron chi connectivity index (χ1n) is 38.0. The molecule has 0 bridgehead atoms. The van der Waals surface area contributed by atoms with Gasteiger partial charge in [-0.25, -0.2) is 0 Å². The number of benzene rings is 12. The van der Waals surface area contributed by atoms with E-state index in [0.29, 0.717) is 52.0 Å². The van der Waals surface area contributed by atoms with Crippen molar-refractivity contribution in [3.05, 3.63) is 291 Å². The number of rotatable bonds is 10. The highest BCUT2D eigenvalue weighted by Gasteiger charge is 2.37. The van der Waals surface area contributed by atoms with Gasteiger partial charge in [-0.3, -0.25) is 28.8 Å². The number of hydrogen-bond donors (Lipinski definition) is 13. The van der Waals surface area contributed by atoms with Crippen molar-refractivity contribution in [2.75, 3.05) is 28.4 Å². The number of ether oxygens (including phenoxy) is 10. The molecule has 0 spiro atoms. The van der Waals surface area contributed by atoms with Gasteiger partial charge in [-0.05, 0) is 101 Å². The molecule has 6 unspecified atom stereocenters. The highest BCUT2D eigenvalue weighted by atomic mass is 16.5. The lowest BCUT2D eigenvalue weighted by atomic mass is 9.95. The summed E-state index contributed by atoms with van der Waals surface area (Å²) in [6, 6.07) is 58.7. The van der Waals surface area contributed by atoms with Crippen LogP contribution in [0.3, 0.4) is 0 Å². The van der Waals surface area contributed by atoms with Gasteiger partial charge in [0.2, 0.25) is 0 Å². The molecule has 6 atom stereocenters. The minimum absolute atomic E-state index is 0.0160. The Morgan fingerprint density at radius 2 is 0.496 bits per heavy atom. The first-order valence-corrected chi connectivity index (χ1v) is 38.0. The lowest BCUT2D eigenvalue weighted by Crippen LogP contribution is -2.20. The third kappa shape index (κ3) is 19.6. The maximum atomic E-state index is 12.2. The molecule has 6 heterocycles. The number of hydrogen-bond acceptors (Lipinski definition) is 29. The van der Waals surface area contributed by atoms with Crippen molar-refractivity contribution in [2.24, 2.45) is 0 Å². The van der Waals surface area contributed by atoms with Gasteiger partial charge in [-0.15, -0.1) is 0 Å². The van der Waals surface area contributed by atoms with Gasteiger partial charge in [0, 0.05) is 78.4 Å². The van der Waals surface area contributed by atoms with E-state index in [1.165, 1.54) is 68.8 Å². The van der Waals surface area contributed by atoms with Crippen molar-refractivity contribution in [1.82, 2.24) is 0 Å². The number of ketones is 6. The Morgan fingerprint density at radius 3 is 0.846 bits per heavy atom. The van der Waals surface area contributed by atoms with E-state index in [9.17, 15) is 95.2 Å². The fourth-order valence-corrected chi connectivity index (χ4v) is 14.2. The van der Waals surface area contributed by atoms with E-state index in [0.717, 1.165) is 57.8 Å². The van der Waals surface area contributed by atoms with Crippen molar-refractivity contribution < 1.29 is 143 Å². The molecule has 0 aromatic heterocycles. The number of aromatic hydroxyl groups is 13. The monoisotopic (exact) mass is 1670 g/mol. The molecule has 0 fully saturated rings. The van der Waals surface area contributed by atoms with Crippen molar-refractivity contribution in [3.8, 4) is 132 Å². The first kappa shape index (κ1) is 85.0. The summed E-state index contributed by atoms with van der Waals surface area (Å²) in [5, 5.41) is 124. The van der Waals surface area contributed by atoms with Crippen LogP contribution in [-0.2, 0) is 0 Å². The summed E-state index contributed by atoms with van der Waals surface area (Å²) in [7, 11) is 6.16. The normalized spacial score (nSPS) is 17.2. The lowest BCUT2D eigenvalue weighted by molar-refractivity contribution is 0.0831. The zero-order chi connectivity index (χ0) is 87.6. The Hall–Kier alpha value is -15.9.